The number of benzene rings is 1. The van der Waals surface area contributed by atoms with Gasteiger partial charge in [-0.05, 0) is 6.07 Å². The molecule has 0 saturated carbocycles. The van der Waals surface area contributed by atoms with Crippen molar-refractivity contribution in [2.45, 2.75) is 6.61 Å². The van der Waals surface area contributed by atoms with E-state index in [1.54, 1.807) is 18.2 Å². The fourth-order valence-electron chi connectivity index (χ4n) is 1.16. The first-order valence-corrected chi connectivity index (χ1v) is 3.58. The Labute approximate surface area is 68.2 Å². The van der Waals surface area contributed by atoms with E-state index in [0.717, 1.165) is 0 Å². The lowest BCUT2D eigenvalue weighted by molar-refractivity contribution is 0.275. The Morgan fingerprint density at radius 3 is 2.92 bits per heavy atom. The van der Waals surface area contributed by atoms with E-state index < -0.39 is 5.82 Å². The van der Waals surface area contributed by atoms with E-state index in [4.69, 9.17) is 9.52 Å². The molecule has 0 radical (unpaired) electrons. The average Bonchev–Trinajstić information content (AvgIpc) is 2.53. The Kier molecular flexibility index (Phi) is 1.59. The summed E-state index contributed by atoms with van der Waals surface area (Å²) >= 11 is 0. The molecule has 1 heterocycles. The lowest BCUT2D eigenvalue weighted by Gasteiger charge is -1.97. The third-order valence-electron chi connectivity index (χ3n) is 1.81. The Hall–Kier alpha value is -1.35. The molecular weight excluding hydrogens is 159 g/mol. The van der Waals surface area contributed by atoms with Crippen LogP contribution in [0, 0.1) is 5.82 Å². The topological polar surface area (TPSA) is 33.4 Å². The number of aliphatic hydroxyl groups excluding tert-OH is 1. The quantitative estimate of drug-likeness (QED) is 0.703. The molecular formula is C9H7FO2. The summed E-state index contributed by atoms with van der Waals surface area (Å²) in [6.07, 6.45) is 1.43. The van der Waals surface area contributed by atoms with Gasteiger partial charge >= 0.3 is 0 Å². The maximum atomic E-state index is 13.2. The summed E-state index contributed by atoms with van der Waals surface area (Å²) in [5.41, 5.74) is 0.471. The molecule has 0 aliphatic heterocycles. The second-order valence-electron chi connectivity index (χ2n) is 2.54. The molecule has 1 aromatic carbocycles. The molecule has 0 bridgehead atoms. The van der Waals surface area contributed by atoms with Crippen LogP contribution >= 0.6 is 0 Å². The van der Waals surface area contributed by atoms with Gasteiger partial charge in [-0.1, -0.05) is 12.1 Å². The molecule has 0 atom stereocenters. The molecule has 1 aromatic heterocycles. The summed E-state index contributed by atoms with van der Waals surface area (Å²) in [4.78, 5) is 0. The van der Waals surface area contributed by atoms with Crippen LogP contribution in [0.1, 0.15) is 5.56 Å². The van der Waals surface area contributed by atoms with Crippen LogP contribution in [0.3, 0.4) is 0 Å². The second-order valence-corrected chi connectivity index (χ2v) is 2.54. The smallest absolute Gasteiger partial charge is 0.171 e. The Balaban J connectivity index is 2.78. The van der Waals surface area contributed by atoms with E-state index in [9.17, 15) is 4.39 Å². The zero-order valence-corrected chi connectivity index (χ0v) is 6.25. The molecule has 2 rings (SSSR count). The molecule has 0 aliphatic rings. The Morgan fingerprint density at radius 1 is 1.33 bits per heavy atom. The number of furan rings is 1. The van der Waals surface area contributed by atoms with Gasteiger partial charge in [0.25, 0.3) is 0 Å². The predicted molar refractivity (Wildman–Crippen MR) is 42.1 cm³/mol. The van der Waals surface area contributed by atoms with Crippen LogP contribution in [0.15, 0.2) is 28.9 Å². The van der Waals surface area contributed by atoms with Gasteiger partial charge in [0.05, 0.1) is 12.9 Å². The van der Waals surface area contributed by atoms with E-state index >= 15 is 0 Å². The van der Waals surface area contributed by atoms with Gasteiger partial charge in [0.15, 0.2) is 11.4 Å². The van der Waals surface area contributed by atoms with E-state index in [1.807, 2.05) is 0 Å². The van der Waals surface area contributed by atoms with Crippen molar-refractivity contribution in [3.8, 4) is 0 Å². The second kappa shape index (κ2) is 2.60. The van der Waals surface area contributed by atoms with Crippen LogP contribution in [0.2, 0.25) is 0 Å². The average molecular weight is 166 g/mol. The maximum absolute atomic E-state index is 13.2. The first kappa shape index (κ1) is 7.31. The molecule has 62 valence electrons. The molecule has 12 heavy (non-hydrogen) atoms. The van der Waals surface area contributed by atoms with Gasteiger partial charge < -0.3 is 9.52 Å². The summed E-state index contributed by atoms with van der Waals surface area (Å²) in [5, 5.41) is 9.45. The molecule has 0 spiro atoms. The summed E-state index contributed by atoms with van der Waals surface area (Å²) in [6.45, 7) is -0.303. The van der Waals surface area contributed by atoms with Crippen LogP contribution in [0.4, 0.5) is 4.39 Å². The molecule has 2 nitrogen and oxygen atoms in total. The first-order valence-electron chi connectivity index (χ1n) is 3.58. The number of hydrogen-bond acceptors (Lipinski definition) is 2. The highest BCUT2D eigenvalue weighted by atomic mass is 19.1. The molecule has 0 unspecified atom stereocenters. The predicted octanol–water partition coefficient (Wildman–Crippen LogP) is 2.06. The summed E-state index contributed by atoms with van der Waals surface area (Å²) < 4.78 is 18.2. The van der Waals surface area contributed by atoms with Gasteiger partial charge in [0.2, 0.25) is 0 Å². The molecule has 0 aliphatic carbocycles. The molecule has 1 N–H and O–H groups in total. The minimum absolute atomic E-state index is 0.210. The Bertz CT molecular complexity index is 406. The van der Waals surface area contributed by atoms with Crippen LogP contribution in [-0.2, 0) is 6.61 Å². The number of halogens is 1. The van der Waals surface area contributed by atoms with Gasteiger partial charge in [-0.25, -0.2) is 4.39 Å². The van der Waals surface area contributed by atoms with Gasteiger partial charge in [-0.15, -0.1) is 0 Å². The zero-order chi connectivity index (χ0) is 8.55. The van der Waals surface area contributed by atoms with Gasteiger partial charge in [0.1, 0.15) is 0 Å². The first-order chi connectivity index (χ1) is 5.83. The SMILES string of the molecule is OCc1ccc2ccoc2c1F. The summed E-state index contributed by atoms with van der Waals surface area (Å²) in [6, 6.07) is 4.94. The number of aliphatic hydroxyl groups is 1. The van der Waals surface area contributed by atoms with Crippen LogP contribution in [-0.4, -0.2) is 5.11 Å². The van der Waals surface area contributed by atoms with Crippen molar-refractivity contribution in [2.75, 3.05) is 0 Å². The van der Waals surface area contributed by atoms with Crippen molar-refractivity contribution in [1.29, 1.82) is 0 Å². The fourth-order valence-corrected chi connectivity index (χ4v) is 1.16. The highest BCUT2D eigenvalue weighted by molar-refractivity contribution is 5.78. The van der Waals surface area contributed by atoms with E-state index in [0.29, 0.717) is 5.39 Å². The lowest BCUT2D eigenvalue weighted by atomic mass is 10.2. The minimum atomic E-state index is -0.472. The third-order valence-corrected chi connectivity index (χ3v) is 1.81. The standard InChI is InChI=1S/C9H7FO2/c10-8-7(5-11)2-1-6-3-4-12-9(6)8/h1-4,11H,5H2. The Morgan fingerprint density at radius 2 is 2.17 bits per heavy atom. The largest absolute Gasteiger partial charge is 0.461 e. The van der Waals surface area contributed by atoms with E-state index in [-0.39, 0.29) is 17.8 Å². The molecule has 0 amide bonds. The van der Waals surface area contributed by atoms with E-state index in [2.05, 4.69) is 0 Å². The maximum Gasteiger partial charge on any atom is 0.171 e. The van der Waals surface area contributed by atoms with Crippen molar-refractivity contribution in [1.82, 2.24) is 0 Å². The summed E-state index contributed by atoms with van der Waals surface area (Å²) in [5.74, 6) is -0.472. The van der Waals surface area contributed by atoms with Crippen molar-refractivity contribution in [2.24, 2.45) is 0 Å². The van der Waals surface area contributed by atoms with Gasteiger partial charge in [0, 0.05) is 10.9 Å². The molecule has 2 aromatic rings. The minimum Gasteiger partial charge on any atom is -0.461 e. The van der Waals surface area contributed by atoms with Crippen molar-refractivity contribution >= 4 is 11.0 Å². The van der Waals surface area contributed by atoms with Crippen LogP contribution in [0.5, 0.6) is 0 Å². The fraction of sp³-hybridized carbons (Fsp3) is 0.111. The molecule has 3 heteroatoms. The van der Waals surface area contributed by atoms with E-state index in [1.165, 1.54) is 6.26 Å². The number of fused-ring (bicyclic) bond motifs is 1. The van der Waals surface area contributed by atoms with Crippen LogP contribution < -0.4 is 0 Å². The highest BCUT2D eigenvalue weighted by Gasteiger charge is 2.08. The zero-order valence-electron chi connectivity index (χ0n) is 6.25. The normalized spacial score (nSPS) is 10.8. The lowest BCUT2D eigenvalue weighted by Crippen LogP contribution is -1.88. The van der Waals surface area contributed by atoms with Crippen molar-refractivity contribution in [3.05, 3.63) is 35.8 Å². The van der Waals surface area contributed by atoms with Gasteiger partial charge in [-0.2, -0.15) is 0 Å². The van der Waals surface area contributed by atoms with Gasteiger partial charge in [-0.3, -0.25) is 0 Å². The monoisotopic (exact) mass is 166 g/mol. The molecule has 0 fully saturated rings. The number of hydrogen-bond donors (Lipinski definition) is 1. The van der Waals surface area contributed by atoms with Crippen molar-refractivity contribution in [3.63, 3.8) is 0 Å². The van der Waals surface area contributed by atoms with Crippen LogP contribution in [0.25, 0.3) is 11.0 Å². The highest BCUT2D eigenvalue weighted by Crippen LogP contribution is 2.21. The third kappa shape index (κ3) is 0.905. The number of rotatable bonds is 1. The molecule has 0 saturated heterocycles. The van der Waals surface area contributed by atoms with Crippen molar-refractivity contribution < 1.29 is 13.9 Å². The summed E-state index contributed by atoms with van der Waals surface area (Å²) in [7, 11) is 0.